The highest BCUT2D eigenvalue weighted by molar-refractivity contribution is 5.21. The third-order valence-corrected chi connectivity index (χ3v) is 3.84. The Bertz CT molecular complexity index is 335. The fraction of sp³-hybridized carbons (Fsp3) is 0.643. The third kappa shape index (κ3) is 2.82. The molecule has 88 valence electrons. The Labute approximate surface area is 98.5 Å². The lowest BCUT2D eigenvalue weighted by atomic mass is 10.1. The summed E-state index contributed by atoms with van der Waals surface area (Å²) in [7, 11) is 0. The monoisotopic (exact) mass is 218 g/mol. The van der Waals surface area contributed by atoms with Crippen LogP contribution in [0.4, 0.5) is 0 Å². The van der Waals surface area contributed by atoms with Crippen LogP contribution in [0.25, 0.3) is 0 Å². The smallest absolute Gasteiger partial charge is 0.0300 e. The Morgan fingerprint density at radius 3 is 3.00 bits per heavy atom. The van der Waals surface area contributed by atoms with E-state index in [0.29, 0.717) is 0 Å². The SMILES string of the molecule is CCC1CCC(NCc2ccncc2C)C1. The van der Waals surface area contributed by atoms with Gasteiger partial charge in [-0.15, -0.1) is 0 Å². The van der Waals surface area contributed by atoms with Gasteiger partial charge >= 0.3 is 0 Å². The summed E-state index contributed by atoms with van der Waals surface area (Å²) in [5.74, 6) is 0.955. The minimum absolute atomic E-state index is 0.734. The number of aryl methyl sites for hydroxylation is 1. The van der Waals surface area contributed by atoms with Crippen molar-refractivity contribution >= 4 is 0 Å². The van der Waals surface area contributed by atoms with Crippen molar-refractivity contribution in [3.05, 3.63) is 29.6 Å². The van der Waals surface area contributed by atoms with E-state index in [2.05, 4.69) is 30.2 Å². The first kappa shape index (κ1) is 11.6. The first-order valence-corrected chi connectivity index (χ1v) is 6.42. The maximum absolute atomic E-state index is 4.12. The van der Waals surface area contributed by atoms with E-state index in [-0.39, 0.29) is 0 Å². The van der Waals surface area contributed by atoms with Crippen molar-refractivity contribution in [2.45, 2.75) is 52.1 Å². The molecule has 1 fully saturated rings. The van der Waals surface area contributed by atoms with Crippen LogP contribution >= 0.6 is 0 Å². The summed E-state index contributed by atoms with van der Waals surface area (Å²) in [6.07, 6.45) is 9.28. The summed E-state index contributed by atoms with van der Waals surface area (Å²) < 4.78 is 0. The Kier molecular flexibility index (Phi) is 3.94. The molecular formula is C14H22N2. The van der Waals surface area contributed by atoms with Gasteiger partial charge in [0.25, 0.3) is 0 Å². The summed E-state index contributed by atoms with van der Waals surface area (Å²) in [4.78, 5) is 4.12. The lowest BCUT2D eigenvalue weighted by Crippen LogP contribution is -2.26. The molecule has 0 amide bonds. The van der Waals surface area contributed by atoms with Crippen molar-refractivity contribution in [3.63, 3.8) is 0 Å². The van der Waals surface area contributed by atoms with Crippen molar-refractivity contribution < 1.29 is 0 Å². The normalized spacial score (nSPS) is 24.9. The summed E-state index contributed by atoms with van der Waals surface area (Å²) in [6.45, 7) is 5.43. The molecule has 2 nitrogen and oxygen atoms in total. The Morgan fingerprint density at radius 1 is 1.44 bits per heavy atom. The summed E-state index contributed by atoms with van der Waals surface area (Å²) >= 11 is 0. The molecule has 16 heavy (non-hydrogen) atoms. The lowest BCUT2D eigenvalue weighted by Gasteiger charge is -2.13. The molecule has 0 spiro atoms. The second kappa shape index (κ2) is 5.44. The van der Waals surface area contributed by atoms with Crippen LogP contribution in [0.5, 0.6) is 0 Å². The zero-order valence-corrected chi connectivity index (χ0v) is 10.4. The number of aromatic nitrogens is 1. The minimum Gasteiger partial charge on any atom is -0.310 e. The third-order valence-electron chi connectivity index (χ3n) is 3.84. The Morgan fingerprint density at radius 2 is 2.31 bits per heavy atom. The molecule has 1 aliphatic rings. The fourth-order valence-corrected chi connectivity index (χ4v) is 2.59. The number of nitrogens with one attached hydrogen (secondary N) is 1. The van der Waals surface area contributed by atoms with E-state index in [4.69, 9.17) is 0 Å². The Balaban J connectivity index is 1.82. The highest BCUT2D eigenvalue weighted by atomic mass is 14.9. The van der Waals surface area contributed by atoms with Crippen LogP contribution in [0.3, 0.4) is 0 Å². The molecule has 2 heteroatoms. The highest BCUT2D eigenvalue weighted by Gasteiger charge is 2.22. The molecule has 1 saturated carbocycles. The maximum atomic E-state index is 4.12. The van der Waals surface area contributed by atoms with Crippen LogP contribution in [0, 0.1) is 12.8 Å². The number of pyridine rings is 1. The van der Waals surface area contributed by atoms with Crippen molar-refractivity contribution in [2.24, 2.45) is 5.92 Å². The van der Waals surface area contributed by atoms with Gasteiger partial charge < -0.3 is 5.32 Å². The molecular weight excluding hydrogens is 196 g/mol. The number of rotatable bonds is 4. The van der Waals surface area contributed by atoms with Gasteiger partial charge in [0.2, 0.25) is 0 Å². The molecule has 0 bridgehead atoms. The maximum Gasteiger partial charge on any atom is 0.0300 e. The van der Waals surface area contributed by atoms with Crippen molar-refractivity contribution in [3.8, 4) is 0 Å². The van der Waals surface area contributed by atoms with Gasteiger partial charge in [-0.1, -0.05) is 13.3 Å². The van der Waals surface area contributed by atoms with E-state index in [0.717, 1.165) is 18.5 Å². The van der Waals surface area contributed by atoms with E-state index < -0.39 is 0 Å². The second-order valence-corrected chi connectivity index (χ2v) is 4.97. The molecule has 0 aliphatic heterocycles. The van der Waals surface area contributed by atoms with E-state index >= 15 is 0 Å². The fourth-order valence-electron chi connectivity index (χ4n) is 2.59. The molecule has 0 aromatic carbocycles. The van der Waals surface area contributed by atoms with Gasteiger partial charge in [0, 0.05) is 25.0 Å². The molecule has 1 aliphatic carbocycles. The predicted octanol–water partition coefficient (Wildman–Crippen LogP) is 3.06. The predicted molar refractivity (Wildman–Crippen MR) is 67.2 cm³/mol. The highest BCUT2D eigenvalue weighted by Crippen LogP contribution is 2.28. The van der Waals surface area contributed by atoms with Gasteiger partial charge in [0.15, 0.2) is 0 Å². The van der Waals surface area contributed by atoms with Gasteiger partial charge in [0.05, 0.1) is 0 Å². The van der Waals surface area contributed by atoms with Crippen LogP contribution in [-0.4, -0.2) is 11.0 Å². The van der Waals surface area contributed by atoms with Crippen LogP contribution < -0.4 is 5.32 Å². The summed E-state index contributed by atoms with van der Waals surface area (Å²) in [5.41, 5.74) is 2.68. The van der Waals surface area contributed by atoms with Crippen molar-refractivity contribution in [1.82, 2.24) is 10.3 Å². The number of hydrogen-bond acceptors (Lipinski definition) is 2. The quantitative estimate of drug-likeness (QED) is 0.840. The molecule has 1 heterocycles. The van der Waals surface area contributed by atoms with Crippen LogP contribution in [0.15, 0.2) is 18.5 Å². The molecule has 1 aromatic rings. The van der Waals surface area contributed by atoms with Crippen LogP contribution in [0.2, 0.25) is 0 Å². The first-order valence-electron chi connectivity index (χ1n) is 6.42. The van der Waals surface area contributed by atoms with Gasteiger partial charge in [-0.2, -0.15) is 0 Å². The molecule has 2 unspecified atom stereocenters. The average molecular weight is 218 g/mol. The molecule has 1 N–H and O–H groups in total. The standard InChI is InChI=1S/C14H22N2/c1-3-12-4-5-14(8-12)16-10-13-6-7-15-9-11(13)2/h6-7,9,12,14,16H,3-5,8,10H2,1-2H3. The van der Waals surface area contributed by atoms with Gasteiger partial charge in [-0.25, -0.2) is 0 Å². The van der Waals surface area contributed by atoms with Gasteiger partial charge in [0.1, 0.15) is 0 Å². The zero-order chi connectivity index (χ0) is 11.4. The zero-order valence-electron chi connectivity index (χ0n) is 10.4. The number of hydrogen-bond donors (Lipinski definition) is 1. The van der Waals surface area contributed by atoms with Gasteiger partial charge in [-0.05, 0) is 49.3 Å². The van der Waals surface area contributed by atoms with Crippen LogP contribution in [-0.2, 0) is 6.54 Å². The average Bonchev–Trinajstić information content (AvgIpc) is 2.76. The topological polar surface area (TPSA) is 24.9 Å². The van der Waals surface area contributed by atoms with Gasteiger partial charge in [-0.3, -0.25) is 4.98 Å². The molecule has 1 aromatic heterocycles. The molecule has 0 radical (unpaired) electrons. The molecule has 0 saturated heterocycles. The largest absolute Gasteiger partial charge is 0.310 e. The van der Waals surface area contributed by atoms with Crippen molar-refractivity contribution in [2.75, 3.05) is 0 Å². The lowest BCUT2D eigenvalue weighted by molar-refractivity contribution is 0.476. The van der Waals surface area contributed by atoms with Crippen molar-refractivity contribution in [1.29, 1.82) is 0 Å². The summed E-state index contributed by atoms with van der Waals surface area (Å²) in [5, 5.41) is 3.68. The number of nitrogens with zero attached hydrogens (tertiary/aromatic N) is 1. The minimum atomic E-state index is 0.734. The first-order chi connectivity index (χ1) is 7.79. The van der Waals surface area contributed by atoms with E-state index in [9.17, 15) is 0 Å². The second-order valence-electron chi connectivity index (χ2n) is 4.97. The van der Waals surface area contributed by atoms with Crippen LogP contribution in [0.1, 0.15) is 43.7 Å². The molecule has 2 rings (SSSR count). The summed E-state index contributed by atoms with van der Waals surface area (Å²) in [6, 6.07) is 2.85. The Hall–Kier alpha value is -0.890. The van der Waals surface area contributed by atoms with E-state index in [1.807, 2.05) is 12.4 Å². The van der Waals surface area contributed by atoms with E-state index in [1.54, 1.807) is 0 Å². The molecule has 2 atom stereocenters. The van der Waals surface area contributed by atoms with E-state index in [1.165, 1.54) is 36.8 Å².